The maximum Gasteiger partial charge on any atom is 0.209 e. The molecule has 0 amide bonds. The lowest BCUT2D eigenvalue weighted by molar-refractivity contribution is 0.552. The lowest BCUT2D eigenvalue weighted by Crippen LogP contribution is -2.00. The minimum absolute atomic E-state index is 0.521. The first-order valence-corrected chi connectivity index (χ1v) is 16.0. The van der Waals surface area contributed by atoms with Crippen molar-refractivity contribution in [3.63, 3.8) is 0 Å². The molecule has 0 saturated heterocycles. The van der Waals surface area contributed by atoms with Crippen molar-refractivity contribution < 1.29 is 0 Å². The van der Waals surface area contributed by atoms with E-state index in [-0.39, 0.29) is 0 Å². The average Bonchev–Trinajstić information content (AvgIpc) is 3.85. The zero-order valence-electron chi connectivity index (χ0n) is 23.8. The predicted molar refractivity (Wildman–Crippen MR) is 163 cm³/mol. The Morgan fingerprint density at radius 2 is 0.976 bits per heavy atom. The highest BCUT2D eigenvalue weighted by molar-refractivity contribution is 8.76. The van der Waals surface area contributed by atoms with E-state index < -0.39 is 0 Å². The molecule has 0 saturated carbocycles. The van der Waals surface area contributed by atoms with Gasteiger partial charge in [-0.15, -0.1) is 20.4 Å². The molecule has 0 unspecified atom stereocenters. The van der Waals surface area contributed by atoms with E-state index in [1.165, 1.54) is 11.1 Å². The van der Waals surface area contributed by atoms with E-state index in [9.17, 15) is 0 Å². The second-order valence-corrected chi connectivity index (χ2v) is 11.5. The average molecular weight is 599 g/mol. The van der Waals surface area contributed by atoms with Gasteiger partial charge in [-0.25, -0.2) is 9.36 Å². The Morgan fingerprint density at radius 3 is 1.31 bits per heavy atom. The normalized spacial score (nSPS) is 11.4. The Balaban J connectivity index is 1.43. The molecule has 14 heteroatoms. The number of aryl methyl sites for hydroxylation is 4. The third-order valence-electron chi connectivity index (χ3n) is 6.78. The molecule has 0 bridgehead atoms. The van der Waals surface area contributed by atoms with Crippen LogP contribution in [0, 0.1) is 0 Å². The van der Waals surface area contributed by atoms with Crippen molar-refractivity contribution in [2.24, 2.45) is 0 Å². The van der Waals surface area contributed by atoms with Gasteiger partial charge in [0.2, 0.25) is 11.6 Å². The number of hydrogen-bond acceptors (Lipinski definition) is 10. The van der Waals surface area contributed by atoms with Crippen LogP contribution in [-0.2, 0) is 25.9 Å². The van der Waals surface area contributed by atoms with Crippen molar-refractivity contribution in [3.05, 3.63) is 72.1 Å². The van der Waals surface area contributed by atoms with Gasteiger partial charge >= 0.3 is 0 Å². The third kappa shape index (κ3) is 5.46. The van der Waals surface area contributed by atoms with Crippen LogP contribution in [0.5, 0.6) is 0 Å². The monoisotopic (exact) mass is 598 g/mol. The summed E-state index contributed by atoms with van der Waals surface area (Å²) in [5, 5.41) is 37.4. The number of nitrogens with zero attached hydrogens (tertiary/aromatic N) is 12. The molecule has 6 rings (SSSR count). The SMILES string of the molecule is CCc1ccc(-n2ncc(-c3nnn(CC)n3)c2SSc2c(-c3nnn(CC)n3)cnn2-c2ccc(CC)cc2)cc1. The van der Waals surface area contributed by atoms with E-state index in [1.807, 2.05) is 23.2 Å². The van der Waals surface area contributed by atoms with Crippen molar-refractivity contribution in [3.8, 4) is 34.2 Å². The predicted octanol–water partition coefficient (Wildman–Crippen LogP) is 5.33. The summed E-state index contributed by atoms with van der Waals surface area (Å²) >= 11 is 0. The second kappa shape index (κ2) is 12.3. The van der Waals surface area contributed by atoms with Crippen molar-refractivity contribution in [1.82, 2.24) is 60.0 Å². The molecule has 0 spiro atoms. The van der Waals surface area contributed by atoms with Gasteiger partial charge in [-0.05, 0) is 94.1 Å². The molecule has 42 heavy (non-hydrogen) atoms. The molecule has 4 aromatic heterocycles. The van der Waals surface area contributed by atoms with E-state index in [2.05, 4.69) is 93.2 Å². The summed E-state index contributed by atoms with van der Waals surface area (Å²) in [6.07, 6.45) is 5.52. The van der Waals surface area contributed by atoms with Gasteiger partial charge < -0.3 is 0 Å². The molecule has 0 radical (unpaired) electrons. The highest BCUT2D eigenvalue weighted by Crippen LogP contribution is 2.45. The molecular formula is C28H30N12S2. The quantitative estimate of drug-likeness (QED) is 0.181. The van der Waals surface area contributed by atoms with Crippen molar-refractivity contribution >= 4 is 21.6 Å². The fourth-order valence-corrected chi connectivity index (χ4v) is 6.81. The Hall–Kier alpha value is -4.30. The van der Waals surface area contributed by atoms with Crippen molar-refractivity contribution in [1.29, 1.82) is 0 Å². The van der Waals surface area contributed by atoms with Crippen LogP contribution in [0.25, 0.3) is 34.2 Å². The Labute approximate surface area is 250 Å². The number of hydrogen-bond donors (Lipinski definition) is 0. The van der Waals surface area contributed by atoms with Gasteiger partial charge in [0, 0.05) is 0 Å². The van der Waals surface area contributed by atoms with Crippen LogP contribution in [0.15, 0.2) is 71.0 Å². The second-order valence-electron chi connectivity index (χ2n) is 9.36. The first-order valence-electron chi connectivity index (χ1n) is 13.9. The summed E-state index contributed by atoms with van der Waals surface area (Å²) in [7, 11) is 3.10. The molecular weight excluding hydrogens is 569 g/mol. The van der Waals surface area contributed by atoms with E-state index in [0.29, 0.717) is 24.7 Å². The highest BCUT2D eigenvalue weighted by Gasteiger charge is 2.24. The maximum absolute atomic E-state index is 4.75. The lowest BCUT2D eigenvalue weighted by atomic mass is 10.1. The minimum atomic E-state index is 0.521. The molecule has 6 aromatic rings. The number of rotatable bonds is 11. The van der Waals surface area contributed by atoms with E-state index in [1.54, 1.807) is 43.6 Å². The van der Waals surface area contributed by atoms with Crippen LogP contribution in [-0.4, -0.2) is 60.0 Å². The smallest absolute Gasteiger partial charge is 0.209 e. The zero-order valence-corrected chi connectivity index (χ0v) is 25.4. The topological polar surface area (TPSA) is 123 Å². The molecule has 214 valence electrons. The van der Waals surface area contributed by atoms with Crippen LogP contribution in [0.1, 0.15) is 38.8 Å². The van der Waals surface area contributed by atoms with Crippen LogP contribution < -0.4 is 0 Å². The fraction of sp³-hybridized carbons (Fsp3) is 0.286. The summed E-state index contributed by atoms with van der Waals surface area (Å²) in [5.41, 5.74) is 6.00. The standard InChI is InChI=1S/C28H30N12S2/c1-5-19-9-13-21(14-10-19)39-27(23(17-29-39)25-31-35-37(7-3)33-25)41-42-28-24(26-32-36-38(8-4)34-26)18-30-40(28)22-15-11-20(6-2)12-16-22/h9-18H,5-8H2,1-4H3. The number of aromatic nitrogens is 12. The molecule has 0 fully saturated rings. The molecule has 12 nitrogen and oxygen atoms in total. The summed E-state index contributed by atoms with van der Waals surface area (Å²) in [5.74, 6) is 1.04. The van der Waals surface area contributed by atoms with Gasteiger partial charge in [0.1, 0.15) is 10.1 Å². The van der Waals surface area contributed by atoms with Gasteiger partial charge in [-0.3, -0.25) is 0 Å². The Morgan fingerprint density at radius 1 is 0.571 bits per heavy atom. The summed E-state index contributed by atoms with van der Waals surface area (Å²) < 4.78 is 3.84. The van der Waals surface area contributed by atoms with Gasteiger partial charge in [-0.2, -0.15) is 19.8 Å². The molecule has 2 aromatic carbocycles. The molecule has 0 aliphatic rings. The summed E-state index contributed by atoms with van der Waals surface area (Å²) in [4.78, 5) is 3.14. The number of tetrazole rings is 2. The van der Waals surface area contributed by atoms with Gasteiger partial charge in [0.05, 0.1) is 48.0 Å². The van der Waals surface area contributed by atoms with E-state index >= 15 is 0 Å². The maximum atomic E-state index is 4.75. The summed E-state index contributed by atoms with van der Waals surface area (Å²) in [6.45, 7) is 9.50. The molecule has 4 heterocycles. The minimum Gasteiger partial charge on any atom is -0.226 e. The van der Waals surface area contributed by atoms with Crippen molar-refractivity contribution in [2.75, 3.05) is 0 Å². The third-order valence-corrected chi connectivity index (χ3v) is 9.16. The van der Waals surface area contributed by atoms with Crippen LogP contribution in [0.3, 0.4) is 0 Å². The van der Waals surface area contributed by atoms with E-state index in [4.69, 9.17) is 10.2 Å². The first-order chi connectivity index (χ1) is 20.6. The van der Waals surface area contributed by atoms with Crippen molar-refractivity contribution in [2.45, 2.75) is 63.7 Å². The Bertz CT molecular complexity index is 1650. The van der Waals surface area contributed by atoms with Crippen LogP contribution in [0.4, 0.5) is 0 Å². The van der Waals surface area contributed by atoms with Crippen LogP contribution >= 0.6 is 21.6 Å². The Kier molecular flexibility index (Phi) is 8.15. The van der Waals surface area contributed by atoms with Gasteiger partial charge in [0.25, 0.3) is 0 Å². The van der Waals surface area contributed by atoms with Gasteiger partial charge in [0.15, 0.2) is 0 Å². The van der Waals surface area contributed by atoms with Crippen LogP contribution in [0.2, 0.25) is 0 Å². The fourth-order valence-electron chi connectivity index (χ4n) is 4.30. The highest BCUT2D eigenvalue weighted by atomic mass is 33.1. The first kappa shape index (κ1) is 27.8. The zero-order chi connectivity index (χ0) is 29.1. The molecule has 0 atom stereocenters. The molecule has 0 aliphatic heterocycles. The number of benzene rings is 2. The molecule has 0 N–H and O–H groups in total. The van der Waals surface area contributed by atoms with Gasteiger partial charge in [-0.1, -0.05) is 38.1 Å². The van der Waals surface area contributed by atoms with E-state index in [0.717, 1.165) is 45.4 Å². The molecule has 0 aliphatic carbocycles. The lowest BCUT2D eigenvalue weighted by Gasteiger charge is -2.11. The summed E-state index contributed by atoms with van der Waals surface area (Å²) in [6, 6.07) is 16.8. The largest absolute Gasteiger partial charge is 0.226 e.